The largest absolute Gasteiger partial charge is 0.593 e. The Bertz CT molecular complexity index is 660. The fraction of sp³-hybridized carbons (Fsp3) is 0.278. The van der Waals surface area contributed by atoms with Crippen LogP contribution in [0.4, 0.5) is 0 Å². The van der Waals surface area contributed by atoms with Crippen molar-refractivity contribution in [2.75, 3.05) is 13.1 Å². The third-order valence-electron chi connectivity index (χ3n) is 4.13. The van der Waals surface area contributed by atoms with Crippen molar-refractivity contribution in [2.24, 2.45) is 5.92 Å². The minimum Gasteiger partial charge on any atom is -0.593 e. The Hall–Kier alpha value is -1.82. The average Bonchev–Trinajstić information content (AvgIpc) is 2.62. The van der Waals surface area contributed by atoms with Crippen molar-refractivity contribution in [3.05, 3.63) is 54.6 Å². The maximum absolute atomic E-state index is 12.7. The van der Waals surface area contributed by atoms with Gasteiger partial charge in [-0.25, -0.2) is 0 Å². The van der Waals surface area contributed by atoms with Crippen molar-refractivity contribution in [3.63, 3.8) is 0 Å². The summed E-state index contributed by atoms with van der Waals surface area (Å²) in [4.78, 5) is 11.9. The lowest BCUT2D eigenvalue weighted by Crippen LogP contribution is -2.42. The first-order valence-corrected chi connectivity index (χ1v) is 8.81. The number of carboxylic acids is 1. The summed E-state index contributed by atoms with van der Waals surface area (Å²) < 4.78 is 14.4. The van der Waals surface area contributed by atoms with Gasteiger partial charge < -0.3 is 9.66 Å². The summed E-state index contributed by atoms with van der Waals surface area (Å²) in [5.74, 6) is -1.22. The number of nitrogens with zero attached hydrogens (tertiary/aromatic N) is 1. The maximum Gasteiger partial charge on any atom is 0.307 e. The zero-order chi connectivity index (χ0) is 16.2. The van der Waals surface area contributed by atoms with Gasteiger partial charge in [-0.3, -0.25) is 4.79 Å². The van der Waals surface area contributed by atoms with Gasteiger partial charge in [-0.2, -0.15) is 0 Å². The van der Waals surface area contributed by atoms with Crippen molar-refractivity contribution in [1.82, 2.24) is 4.31 Å². The van der Waals surface area contributed by atoms with E-state index in [0.717, 1.165) is 22.4 Å². The Kier molecular flexibility index (Phi) is 5.00. The van der Waals surface area contributed by atoms with Crippen LogP contribution in [0.2, 0.25) is 0 Å². The van der Waals surface area contributed by atoms with Gasteiger partial charge in [-0.05, 0) is 48.2 Å². The summed E-state index contributed by atoms with van der Waals surface area (Å²) in [5.41, 5.74) is 2.20. The zero-order valence-electron chi connectivity index (χ0n) is 12.7. The minimum atomic E-state index is -1.30. The number of benzene rings is 2. The molecule has 0 spiro atoms. The van der Waals surface area contributed by atoms with E-state index in [9.17, 15) is 9.35 Å². The highest BCUT2D eigenvalue weighted by atomic mass is 32.2. The molecule has 1 fully saturated rings. The lowest BCUT2D eigenvalue weighted by atomic mass is 10.0. The second kappa shape index (κ2) is 7.17. The molecule has 4 nitrogen and oxygen atoms in total. The smallest absolute Gasteiger partial charge is 0.307 e. The molecule has 1 aliphatic rings. The maximum atomic E-state index is 12.7. The molecular formula is C18H19NO3S. The van der Waals surface area contributed by atoms with Gasteiger partial charge in [0, 0.05) is 6.54 Å². The molecular weight excluding hydrogens is 310 g/mol. The average molecular weight is 329 g/mol. The zero-order valence-corrected chi connectivity index (χ0v) is 13.5. The number of carboxylic acid groups (broad SMARTS) is 1. The predicted molar refractivity (Wildman–Crippen MR) is 90.2 cm³/mol. The van der Waals surface area contributed by atoms with Crippen LogP contribution in [0.5, 0.6) is 0 Å². The minimum absolute atomic E-state index is 0.350. The van der Waals surface area contributed by atoms with Gasteiger partial charge in [-0.15, -0.1) is 4.31 Å². The Morgan fingerprint density at radius 3 is 2.39 bits per heavy atom. The van der Waals surface area contributed by atoms with Crippen LogP contribution in [0.1, 0.15) is 12.8 Å². The molecule has 0 radical (unpaired) electrons. The van der Waals surface area contributed by atoms with Crippen molar-refractivity contribution >= 4 is 17.3 Å². The standard InChI is InChI=1S/C18H19NO3S/c20-18(21)16-7-4-12-19(13-16)23(22)17-10-8-15(9-11-17)14-5-2-1-3-6-14/h1-3,5-6,8-11,16H,4,7,12-13H2,(H,20,21). The Balaban J connectivity index is 1.72. The van der Waals surface area contributed by atoms with Crippen LogP contribution < -0.4 is 0 Å². The van der Waals surface area contributed by atoms with Crippen molar-refractivity contribution < 1.29 is 14.5 Å². The SMILES string of the molecule is O=C(O)C1CCCN([S+]([O-])c2ccc(-c3ccccc3)cc2)C1. The van der Waals surface area contributed by atoms with E-state index in [2.05, 4.69) is 0 Å². The number of hydrogen-bond acceptors (Lipinski definition) is 3. The van der Waals surface area contributed by atoms with Gasteiger partial charge >= 0.3 is 5.97 Å². The quantitative estimate of drug-likeness (QED) is 0.875. The van der Waals surface area contributed by atoms with Gasteiger partial charge in [0.25, 0.3) is 0 Å². The highest BCUT2D eigenvalue weighted by Crippen LogP contribution is 2.26. The molecule has 2 aromatic carbocycles. The van der Waals surface area contributed by atoms with E-state index < -0.39 is 23.2 Å². The molecule has 2 unspecified atom stereocenters. The number of rotatable bonds is 4. The van der Waals surface area contributed by atoms with Crippen LogP contribution in [0.3, 0.4) is 0 Å². The van der Waals surface area contributed by atoms with Gasteiger partial charge in [0.2, 0.25) is 0 Å². The van der Waals surface area contributed by atoms with Crippen molar-refractivity contribution in [2.45, 2.75) is 17.7 Å². The van der Waals surface area contributed by atoms with Gasteiger partial charge in [0.05, 0.1) is 23.8 Å². The third-order valence-corrected chi connectivity index (χ3v) is 5.61. The molecule has 0 aliphatic carbocycles. The Morgan fingerprint density at radius 2 is 1.74 bits per heavy atom. The van der Waals surface area contributed by atoms with E-state index in [-0.39, 0.29) is 0 Å². The molecule has 0 aromatic heterocycles. The summed E-state index contributed by atoms with van der Waals surface area (Å²) >= 11 is -1.30. The Labute approximate surface area is 139 Å². The van der Waals surface area contributed by atoms with Crippen LogP contribution in [0.15, 0.2) is 59.5 Å². The summed E-state index contributed by atoms with van der Waals surface area (Å²) in [6.45, 7) is 1.03. The first-order valence-electron chi connectivity index (χ1n) is 7.70. The normalized spacial score (nSPS) is 20.1. The van der Waals surface area contributed by atoms with Gasteiger partial charge in [0.15, 0.2) is 4.90 Å². The van der Waals surface area contributed by atoms with Crippen molar-refractivity contribution in [3.8, 4) is 11.1 Å². The van der Waals surface area contributed by atoms with Crippen LogP contribution in [-0.2, 0) is 16.2 Å². The second-order valence-corrected chi connectivity index (χ2v) is 7.19. The van der Waals surface area contributed by atoms with Crippen LogP contribution in [-0.4, -0.2) is 33.0 Å². The fourth-order valence-electron chi connectivity index (χ4n) is 2.84. The molecule has 1 saturated heterocycles. The van der Waals surface area contributed by atoms with E-state index in [1.165, 1.54) is 0 Å². The third kappa shape index (κ3) is 3.75. The highest BCUT2D eigenvalue weighted by Gasteiger charge is 2.32. The molecule has 0 amide bonds. The molecule has 0 saturated carbocycles. The van der Waals surface area contributed by atoms with Crippen molar-refractivity contribution in [1.29, 1.82) is 0 Å². The lowest BCUT2D eigenvalue weighted by Gasteiger charge is -2.30. The van der Waals surface area contributed by atoms with Gasteiger partial charge in [0.1, 0.15) is 0 Å². The summed E-state index contributed by atoms with van der Waals surface area (Å²) in [5, 5.41) is 9.15. The monoisotopic (exact) mass is 329 g/mol. The second-order valence-electron chi connectivity index (χ2n) is 5.70. The topological polar surface area (TPSA) is 63.6 Å². The number of hydrogen-bond donors (Lipinski definition) is 1. The molecule has 23 heavy (non-hydrogen) atoms. The molecule has 1 heterocycles. The van der Waals surface area contributed by atoms with E-state index in [1.807, 2.05) is 54.6 Å². The molecule has 1 aliphatic heterocycles. The molecule has 2 aromatic rings. The van der Waals surface area contributed by atoms with Crippen LogP contribution >= 0.6 is 0 Å². The van der Waals surface area contributed by atoms with E-state index in [1.54, 1.807) is 4.31 Å². The summed E-state index contributed by atoms with van der Waals surface area (Å²) in [6, 6.07) is 17.7. The fourth-order valence-corrected chi connectivity index (χ4v) is 4.12. The Morgan fingerprint density at radius 1 is 1.09 bits per heavy atom. The number of aliphatic carboxylic acids is 1. The lowest BCUT2D eigenvalue weighted by molar-refractivity contribution is -0.142. The van der Waals surface area contributed by atoms with E-state index >= 15 is 0 Å². The van der Waals surface area contributed by atoms with Crippen LogP contribution in [0.25, 0.3) is 11.1 Å². The van der Waals surface area contributed by atoms with Gasteiger partial charge in [-0.1, -0.05) is 30.3 Å². The highest BCUT2D eigenvalue weighted by molar-refractivity contribution is 7.89. The first-order chi connectivity index (χ1) is 11.1. The number of carbonyl (C=O) groups is 1. The summed E-state index contributed by atoms with van der Waals surface area (Å²) in [6.07, 6.45) is 1.43. The van der Waals surface area contributed by atoms with Crippen LogP contribution in [0, 0.1) is 5.92 Å². The molecule has 5 heteroatoms. The predicted octanol–water partition coefficient (Wildman–Crippen LogP) is 3.17. The van der Waals surface area contributed by atoms with E-state index in [0.29, 0.717) is 19.5 Å². The summed E-state index contributed by atoms with van der Waals surface area (Å²) in [7, 11) is 0. The molecule has 0 bridgehead atoms. The number of piperidine rings is 1. The molecule has 3 rings (SSSR count). The molecule has 120 valence electrons. The molecule has 2 atom stereocenters. The molecule has 1 N–H and O–H groups in total. The first kappa shape index (κ1) is 16.1. The van der Waals surface area contributed by atoms with E-state index in [4.69, 9.17) is 5.11 Å².